The average Bonchev–Trinajstić information content (AvgIpc) is 1.83. The fraction of sp³-hybridized carbons (Fsp3) is 0.600. The molecule has 0 aliphatic carbocycles. The van der Waals surface area contributed by atoms with Gasteiger partial charge < -0.3 is 0 Å². The number of nitrogens with zero attached hydrogens (tertiary/aromatic N) is 2. The second-order valence-corrected chi connectivity index (χ2v) is 1.38. The molecular formula is C5H10N2O. The van der Waals surface area contributed by atoms with Gasteiger partial charge in [0.1, 0.15) is 0 Å². The summed E-state index contributed by atoms with van der Waals surface area (Å²) in [6, 6.07) is 0. The van der Waals surface area contributed by atoms with Crippen LogP contribution in [0.3, 0.4) is 0 Å². The van der Waals surface area contributed by atoms with Gasteiger partial charge in [-0.1, -0.05) is 6.08 Å². The monoisotopic (exact) mass is 114 g/mol. The van der Waals surface area contributed by atoms with Crippen LogP contribution in [0.1, 0.15) is 6.92 Å². The van der Waals surface area contributed by atoms with Gasteiger partial charge in [0.2, 0.25) is 0 Å². The molecule has 8 heavy (non-hydrogen) atoms. The van der Waals surface area contributed by atoms with Crippen molar-refractivity contribution in [3.05, 3.63) is 17.6 Å². The predicted molar refractivity (Wildman–Crippen MR) is 33.2 cm³/mol. The topological polar surface area (TPSA) is 32.7 Å². The molecule has 0 saturated heterocycles. The highest BCUT2D eigenvalue weighted by Crippen LogP contribution is 1.85. The highest BCUT2D eigenvalue weighted by molar-refractivity contribution is 4.69. The largest absolute Gasteiger partial charge is 0.257 e. The molecule has 0 heterocycles. The van der Waals surface area contributed by atoms with E-state index in [4.69, 9.17) is 0 Å². The van der Waals surface area contributed by atoms with E-state index >= 15 is 0 Å². The normalized spacial score (nSPS) is 8.12. The third kappa shape index (κ3) is 2.34. The Kier molecular flexibility index (Phi) is 3.84. The van der Waals surface area contributed by atoms with Crippen molar-refractivity contribution in [3.63, 3.8) is 0 Å². The molecule has 0 saturated carbocycles. The zero-order valence-corrected chi connectivity index (χ0v) is 5.00. The summed E-state index contributed by atoms with van der Waals surface area (Å²) in [5.74, 6) is 0. The summed E-state index contributed by atoms with van der Waals surface area (Å²) < 4.78 is 0. The van der Waals surface area contributed by atoms with Gasteiger partial charge in [-0.25, -0.2) is 0 Å². The van der Waals surface area contributed by atoms with E-state index in [2.05, 4.69) is 11.9 Å². The van der Waals surface area contributed by atoms with Crippen molar-refractivity contribution in [3.8, 4) is 0 Å². The van der Waals surface area contributed by atoms with E-state index in [0.717, 1.165) is 0 Å². The summed E-state index contributed by atoms with van der Waals surface area (Å²) in [7, 11) is 0. The molecule has 0 fully saturated rings. The van der Waals surface area contributed by atoms with E-state index < -0.39 is 0 Å². The van der Waals surface area contributed by atoms with Gasteiger partial charge in [-0.05, 0) is 6.92 Å². The number of rotatable bonds is 4. The van der Waals surface area contributed by atoms with Crippen molar-refractivity contribution < 1.29 is 0 Å². The van der Waals surface area contributed by atoms with E-state index in [1.54, 1.807) is 6.08 Å². The molecule has 0 aliphatic heterocycles. The summed E-state index contributed by atoms with van der Waals surface area (Å²) in [5.41, 5.74) is 0. The molecule has 0 amide bonds. The third-order valence-electron chi connectivity index (χ3n) is 0.820. The Labute approximate surface area is 48.9 Å². The van der Waals surface area contributed by atoms with Crippen molar-refractivity contribution in [1.82, 2.24) is 5.01 Å². The molecule has 0 bridgehead atoms. The number of nitroso groups, excluding NO2 is 1. The Balaban J connectivity index is 3.35. The summed E-state index contributed by atoms with van der Waals surface area (Å²) in [6.07, 6.45) is 1.64. The summed E-state index contributed by atoms with van der Waals surface area (Å²) in [4.78, 5) is 9.75. The van der Waals surface area contributed by atoms with E-state index in [1.165, 1.54) is 5.01 Å². The average molecular weight is 114 g/mol. The van der Waals surface area contributed by atoms with E-state index in [0.29, 0.717) is 13.1 Å². The lowest BCUT2D eigenvalue weighted by Gasteiger charge is -2.06. The lowest BCUT2D eigenvalue weighted by atomic mass is 10.6. The molecule has 46 valence electrons. The van der Waals surface area contributed by atoms with Crippen LogP contribution in [-0.2, 0) is 0 Å². The lowest BCUT2D eigenvalue weighted by Crippen LogP contribution is -2.14. The minimum absolute atomic E-state index is 0.542. The number of hydrogen-bond acceptors (Lipinski definition) is 2. The fourth-order valence-corrected chi connectivity index (χ4v) is 0.369. The molecule has 0 radical (unpaired) electrons. The predicted octanol–water partition coefficient (Wildman–Crippen LogP) is 1.18. The molecular weight excluding hydrogens is 104 g/mol. The molecule has 0 aromatic heterocycles. The van der Waals surface area contributed by atoms with Crippen molar-refractivity contribution in [2.45, 2.75) is 6.92 Å². The summed E-state index contributed by atoms with van der Waals surface area (Å²) >= 11 is 0. The summed E-state index contributed by atoms with van der Waals surface area (Å²) in [6.45, 7) is 6.51. The SMILES string of the molecule is C=CCN(CC)N=O. The van der Waals surface area contributed by atoms with Gasteiger partial charge in [-0.3, -0.25) is 5.01 Å². The maximum Gasteiger partial charge on any atom is 0.0570 e. The molecule has 3 nitrogen and oxygen atoms in total. The second-order valence-electron chi connectivity index (χ2n) is 1.38. The van der Waals surface area contributed by atoms with Crippen LogP contribution in [0.25, 0.3) is 0 Å². The smallest absolute Gasteiger partial charge is 0.0570 e. The van der Waals surface area contributed by atoms with Crippen LogP contribution < -0.4 is 0 Å². The molecule has 3 heteroatoms. The van der Waals surface area contributed by atoms with Crippen molar-refractivity contribution in [2.24, 2.45) is 5.29 Å². The molecule has 0 aliphatic rings. The van der Waals surface area contributed by atoms with Gasteiger partial charge in [-0.15, -0.1) is 11.5 Å². The first kappa shape index (κ1) is 7.14. The fourth-order valence-electron chi connectivity index (χ4n) is 0.369. The van der Waals surface area contributed by atoms with E-state index in [-0.39, 0.29) is 0 Å². The minimum Gasteiger partial charge on any atom is -0.257 e. The number of likely N-dealkylation sites (N-methyl/N-ethyl adjacent to an activating group) is 1. The standard InChI is InChI=1S/C5H10N2O/c1-3-5-7(4-2)6-8/h3H,1,4-5H2,2H3. The van der Waals surface area contributed by atoms with E-state index in [1.807, 2.05) is 6.92 Å². The van der Waals surface area contributed by atoms with Crippen LogP contribution in [0.2, 0.25) is 0 Å². The Morgan fingerprint density at radius 3 is 2.62 bits per heavy atom. The van der Waals surface area contributed by atoms with Crippen LogP contribution in [0, 0.1) is 4.91 Å². The Morgan fingerprint density at radius 2 is 2.50 bits per heavy atom. The molecule has 0 aromatic carbocycles. The first-order valence-electron chi connectivity index (χ1n) is 2.54. The van der Waals surface area contributed by atoms with Crippen LogP contribution >= 0.6 is 0 Å². The lowest BCUT2D eigenvalue weighted by molar-refractivity contribution is 0.333. The maximum absolute atomic E-state index is 9.75. The maximum atomic E-state index is 9.75. The Morgan fingerprint density at radius 1 is 1.88 bits per heavy atom. The highest BCUT2D eigenvalue weighted by atomic mass is 16.3. The van der Waals surface area contributed by atoms with Crippen LogP contribution in [0.5, 0.6) is 0 Å². The van der Waals surface area contributed by atoms with Crippen LogP contribution in [0.4, 0.5) is 0 Å². The molecule has 0 spiro atoms. The van der Waals surface area contributed by atoms with Crippen LogP contribution in [0.15, 0.2) is 17.9 Å². The molecule has 0 unspecified atom stereocenters. The Hall–Kier alpha value is -0.860. The van der Waals surface area contributed by atoms with Crippen molar-refractivity contribution in [1.29, 1.82) is 0 Å². The molecule has 0 atom stereocenters. The quantitative estimate of drug-likeness (QED) is 0.312. The van der Waals surface area contributed by atoms with Gasteiger partial charge in [0.05, 0.1) is 11.8 Å². The van der Waals surface area contributed by atoms with Gasteiger partial charge >= 0.3 is 0 Å². The van der Waals surface area contributed by atoms with Gasteiger partial charge in [0.25, 0.3) is 0 Å². The zero-order valence-electron chi connectivity index (χ0n) is 5.00. The number of hydrogen-bond donors (Lipinski definition) is 0. The first-order chi connectivity index (χ1) is 3.85. The second kappa shape index (κ2) is 4.30. The Bertz CT molecular complexity index is 82.5. The van der Waals surface area contributed by atoms with Gasteiger partial charge in [0, 0.05) is 6.54 Å². The van der Waals surface area contributed by atoms with E-state index in [9.17, 15) is 4.91 Å². The molecule has 0 aromatic rings. The van der Waals surface area contributed by atoms with Gasteiger partial charge in [-0.2, -0.15) is 0 Å². The van der Waals surface area contributed by atoms with Crippen molar-refractivity contribution >= 4 is 0 Å². The first-order valence-corrected chi connectivity index (χ1v) is 2.54. The van der Waals surface area contributed by atoms with Gasteiger partial charge in [0.15, 0.2) is 0 Å². The van der Waals surface area contributed by atoms with Crippen molar-refractivity contribution in [2.75, 3.05) is 13.1 Å². The highest BCUT2D eigenvalue weighted by Gasteiger charge is 1.90. The van der Waals surface area contributed by atoms with Crippen LogP contribution in [-0.4, -0.2) is 18.1 Å². The molecule has 0 N–H and O–H groups in total. The minimum atomic E-state index is 0.542. The summed E-state index contributed by atoms with van der Waals surface area (Å²) in [5, 5.41) is 4.09. The molecule has 0 rings (SSSR count). The third-order valence-corrected chi connectivity index (χ3v) is 0.820. The zero-order chi connectivity index (χ0) is 6.41.